The van der Waals surface area contributed by atoms with Crippen molar-refractivity contribution < 1.29 is 9.53 Å². The quantitative estimate of drug-likeness (QED) is 0.884. The highest BCUT2D eigenvalue weighted by Crippen LogP contribution is 2.25. The van der Waals surface area contributed by atoms with Crippen LogP contribution < -0.4 is 15.4 Å². The van der Waals surface area contributed by atoms with Crippen LogP contribution >= 0.6 is 11.3 Å². The first kappa shape index (κ1) is 16.2. The molecule has 22 heavy (non-hydrogen) atoms. The zero-order valence-electron chi connectivity index (χ0n) is 13.1. The summed E-state index contributed by atoms with van der Waals surface area (Å²) < 4.78 is 5.78. The molecule has 0 aliphatic heterocycles. The SMILES string of the molecule is Cc1nnc(NC(=O)NC(C)c2ccccc2OC(C)C)s1. The molecule has 0 aliphatic carbocycles. The van der Waals surface area contributed by atoms with E-state index in [9.17, 15) is 4.79 Å². The van der Waals surface area contributed by atoms with E-state index in [4.69, 9.17) is 4.74 Å². The first-order valence-electron chi connectivity index (χ1n) is 7.09. The number of para-hydroxylation sites is 1. The maximum absolute atomic E-state index is 12.0. The minimum Gasteiger partial charge on any atom is -0.491 e. The molecule has 2 aromatic rings. The molecule has 1 unspecified atom stereocenters. The Balaban J connectivity index is 2.02. The van der Waals surface area contributed by atoms with Gasteiger partial charge in [0.25, 0.3) is 0 Å². The van der Waals surface area contributed by atoms with Crippen molar-refractivity contribution >= 4 is 22.5 Å². The van der Waals surface area contributed by atoms with Gasteiger partial charge in [0.1, 0.15) is 10.8 Å². The number of benzene rings is 1. The highest BCUT2D eigenvalue weighted by Gasteiger charge is 2.15. The zero-order valence-corrected chi connectivity index (χ0v) is 13.9. The number of nitrogens with zero attached hydrogens (tertiary/aromatic N) is 2. The Bertz CT molecular complexity index is 642. The van der Waals surface area contributed by atoms with Gasteiger partial charge in [-0.2, -0.15) is 0 Å². The summed E-state index contributed by atoms with van der Waals surface area (Å²) >= 11 is 1.33. The predicted molar refractivity (Wildman–Crippen MR) is 87.4 cm³/mol. The van der Waals surface area contributed by atoms with E-state index in [1.807, 2.05) is 52.0 Å². The van der Waals surface area contributed by atoms with Crippen LogP contribution in [0.2, 0.25) is 0 Å². The van der Waals surface area contributed by atoms with Gasteiger partial charge < -0.3 is 10.1 Å². The van der Waals surface area contributed by atoms with Crippen molar-refractivity contribution in [2.45, 2.75) is 39.8 Å². The molecule has 0 saturated carbocycles. The summed E-state index contributed by atoms with van der Waals surface area (Å²) in [6, 6.07) is 7.18. The monoisotopic (exact) mass is 320 g/mol. The van der Waals surface area contributed by atoms with Crippen molar-refractivity contribution in [2.75, 3.05) is 5.32 Å². The molecule has 6 nitrogen and oxygen atoms in total. The van der Waals surface area contributed by atoms with Gasteiger partial charge in [-0.05, 0) is 33.8 Å². The third-order valence-electron chi connectivity index (χ3n) is 2.84. The maximum atomic E-state index is 12.0. The third-order valence-corrected chi connectivity index (χ3v) is 3.60. The van der Waals surface area contributed by atoms with E-state index in [1.54, 1.807) is 0 Å². The van der Waals surface area contributed by atoms with Gasteiger partial charge in [0.15, 0.2) is 0 Å². The topological polar surface area (TPSA) is 76.1 Å². The normalized spacial score (nSPS) is 12.0. The highest BCUT2D eigenvalue weighted by atomic mass is 32.1. The van der Waals surface area contributed by atoms with E-state index in [-0.39, 0.29) is 18.2 Å². The molecule has 0 radical (unpaired) electrons. The van der Waals surface area contributed by atoms with Gasteiger partial charge in [-0.1, -0.05) is 29.5 Å². The largest absolute Gasteiger partial charge is 0.491 e. The molecule has 1 aromatic carbocycles. The number of aromatic nitrogens is 2. The fourth-order valence-corrected chi connectivity index (χ4v) is 2.54. The molecule has 2 amide bonds. The Morgan fingerprint density at radius 2 is 1.95 bits per heavy atom. The molecular weight excluding hydrogens is 300 g/mol. The molecule has 2 N–H and O–H groups in total. The molecule has 118 valence electrons. The summed E-state index contributed by atoms with van der Waals surface area (Å²) in [6.45, 7) is 7.69. The number of carbonyl (C=O) groups excluding carboxylic acids is 1. The molecule has 0 bridgehead atoms. The lowest BCUT2D eigenvalue weighted by molar-refractivity contribution is 0.236. The molecule has 1 heterocycles. The number of hydrogen-bond acceptors (Lipinski definition) is 5. The summed E-state index contributed by atoms with van der Waals surface area (Å²) in [5, 5.41) is 14.6. The molecule has 0 spiro atoms. The van der Waals surface area contributed by atoms with Crippen LogP contribution in [0.15, 0.2) is 24.3 Å². The molecule has 1 aromatic heterocycles. The van der Waals surface area contributed by atoms with Crippen molar-refractivity contribution in [1.82, 2.24) is 15.5 Å². The summed E-state index contributed by atoms with van der Waals surface area (Å²) in [7, 11) is 0. The molecule has 1 atom stereocenters. The predicted octanol–water partition coefficient (Wildman–Crippen LogP) is 3.52. The third kappa shape index (κ3) is 4.42. The number of urea groups is 1. The minimum absolute atomic E-state index is 0.0755. The van der Waals surface area contributed by atoms with Gasteiger partial charge in [0.2, 0.25) is 5.13 Å². The van der Waals surface area contributed by atoms with Crippen molar-refractivity contribution in [3.8, 4) is 5.75 Å². The molecule has 0 saturated heterocycles. The minimum atomic E-state index is -0.317. The second kappa shape index (κ2) is 7.22. The van der Waals surface area contributed by atoms with E-state index < -0.39 is 0 Å². The van der Waals surface area contributed by atoms with Gasteiger partial charge >= 0.3 is 6.03 Å². The fourth-order valence-electron chi connectivity index (χ4n) is 1.95. The number of hydrogen-bond donors (Lipinski definition) is 2. The van der Waals surface area contributed by atoms with E-state index >= 15 is 0 Å². The standard InChI is InChI=1S/C15H20N4O2S/c1-9(2)21-13-8-6-5-7-12(13)10(3)16-14(20)17-15-19-18-11(4)22-15/h5-10H,1-4H3,(H2,16,17,19,20). The second-order valence-corrected chi connectivity index (χ2v) is 6.33. The van der Waals surface area contributed by atoms with Crippen molar-refractivity contribution in [1.29, 1.82) is 0 Å². The van der Waals surface area contributed by atoms with Gasteiger partial charge in [0, 0.05) is 5.56 Å². The van der Waals surface area contributed by atoms with Gasteiger partial charge in [-0.3, -0.25) is 5.32 Å². The van der Waals surface area contributed by atoms with Crippen LogP contribution in [0.1, 0.15) is 37.4 Å². The van der Waals surface area contributed by atoms with Crippen LogP contribution in [0, 0.1) is 6.92 Å². The van der Waals surface area contributed by atoms with Crippen molar-refractivity contribution in [3.05, 3.63) is 34.8 Å². The first-order chi connectivity index (χ1) is 10.5. The van der Waals surface area contributed by atoms with Gasteiger partial charge in [0.05, 0.1) is 12.1 Å². The van der Waals surface area contributed by atoms with Gasteiger partial charge in [-0.25, -0.2) is 4.79 Å². The Kier molecular flexibility index (Phi) is 5.32. The van der Waals surface area contributed by atoms with Crippen LogP contribution in [0.5, 0.6) is 5.75 Å². The Morgan fingerprint density at radius 3 is 2.59 bits per heavy atom. The van der Waals surface area contributed by atoms with E-state index in [1.165, 1.54) is 11.3 Å². The smallest absolute Gasteiger partial charge is 0.321 e. The molecule has 7 heteroatoms. The summed E-state index contributed by atoms with van der Waals surface area (Å²) in [4.78, 5) is 12.0. The molecular formula is C15H20N4O2S. The second-order valence-electron chi connectivity index (χ2n) is 5.15. The number of aryl methyl sites for hydroxylation is 1. The van der Waals surface area contributed by atoms with Crippen LogP contribution in [0.25, 0.3) is 0 Å². The van der Waals surface area contributed by atoms with Gasteiger partial charge in [-0.15, -0.1) is 10.2 Å². The van der Waals surface area contributed by atoms with Crippen molar-refractivity contribution in [3.63, 3.8) is 0 Å². The van der Waals surface area contributed by atoms with E-state index in [0.29, 0.717) is 5.13 Å². The fraction of sp³-hybridized carbons (Fsp3) is 0.400. The van der Waals surface area contributed by atoms with Crippen LogP contribution in [0.3, 0.4) is 0 Å². The number of amides is 2. The Hall–Kier alpha value is -2.15. The van der Waals surface area contributed by atoms with Crippen LogP contribution in [0.4, 0.5) is 9.93 Å². The number of anilines is 1. The highest BCUT2D eigenvalue weighted by molar-refractivity contribution is 7.15. The van der Waals surface area contributed by atoms with E-state index in [0.717, 1.165) is 16.3 Å². The number of ether oxygens (including phenoxy) is 1. The molecule has 0 fully saturated rings. The average Bonchev–Trinajstić information content (AvgIpc) is 2.83. The number of carbonyl (C=O) groups is 1. The summed E-state index contributed by atoms with van der Waals surface area (Å²) in [5.74, 6) is 0.775. The molecule has 0 aliphatic rings. The first-order valence-corrected chi connectivity index (χ1v) is 7.90. The maximum Gasteiger partial charge on any atom is 0.321 e. The van der Waals surface area contributed by atoms with Crippen LogP contribution in [-0.4, -0.2) is 22.3 Å². The summed E-state index contributed by atoms with van der Waals surface area (Å²) in [6.07, 6.45) is 0.0755. The number of nitrogens with one attached hydrogen (secondary N) is 2. The van der Waals surface area contributed by atoms with E-state index in [2.05, 4.69) is 20.8 Å². The Labute approximate surface area is 133 Å². The van der Waals surface area contributed by atoms with Crippen LogP contribution in [-0.2, 0) is 0 Å². The van der Waals surface area contributed by atoms with Crippen molar-refractivity contribution in [2.24, 2.45) is 0 Å². The number of rotatable bonds is 5. The lowest BCUT2D eigenvalue weighted by Gasteiger charge is -2.19. The zero-order chi connectivity index (χ0) is 16.1. The average molecular weight is 320 g/mol. The Morgan fingerprint density at radius 1 is 1.23 bits per heavy atom. The summed E-state index contributed by atoms with van der Waals surface area (Å²) in [5.41, 5.74) is 0.930. The lowest BCUT2D eigenvalue weighted by Crippen LogP contribution is -2.31. The lowest BCUT2D eigenvalue weighted by atomic mass is 10.1. The molecule has 2 rings (SSSR count).